The quantitative estimate of drug-likeness (QED) is 0.535. The summed E-state index contributed by atoms with van der Waals surface area (Å²) in [6.07, 6.45) is 6.17. The summed E-state index contributed by atoms with van der Waals surface area (Å²) in [6, 6.07) is 7.95. The van der Waals surface area contributed by atoms with E-state index < -0.39 is 0 Å². The number of anilines is 4. The van der Waals surface area contributed by atoms with Crippen molar-refractivity contribution in [3.63, 3.8) is 0 Å². The summed E-state index contributed by atoms with van der Waals surface area (Å²) < 4.78 is 0. The number of hydrogen-bond acceptors (Lipinski definition) is 6. The number of nitrogens with two attached hydrogens (primary N) is 1. The monoisotopic (exact) mass is 366 g/mol. The second kappa shape index (κ2) is 8.37. The molecule has 2 atom stereocenters. The van der Waals surface area contributed by atoms with Gasteiger partial charge in [0.1, 0.15) is 5.82 Å². The van der Waals surface area contributed by atoms with Crippen LogP contribution in [0.1, 0.15) is 50.8 Å². The topological polar surface area (TPSA) is 90.9 Å². The van der Waals surface area contributed by atoms with Crippen molar-refractivity contribution in [2.45, 2.75) is 52.5 Å². The number of benzene rings is 1. The summed E-state index contributed by atoms with van der Waals surface area (Å²) in [7, 11) is 0. The molecule has 2 aromatic rings. The fourth-order valence-electron chi connectivity index (χ4n) is 3.84. The van der Waals surface area contributed by atoms with Crippen molar-refractivity contribution in [3.8, 4) is 0 Å². The van der Waals surface area contributed by atoms with Gasteiger partial charge in [0.25, 0.3) is 0 Å². The minimum atomic E-state index is 0.438. The van der Waals surface area contributed by atoms with Crippen LogP contribution in [0, 0.1) is 18.3 Å². The van der Waals surface area contributed by atoms with Crippen LogP contribution < -0.4 is 16.0 Å². The molecule has 1 aliphatic heterocycles. The summed E-state index contributed by atoms with van der Waals surface area (Å²) in [6.45, 7) is 7.57. The lowest BCUT2D eigenvalue weighted by Gasteiger charge is -2.28. The Labute approximate surface area is 161 Å². The summed E-state index contributed by atoms with van der Waals surface area (Å²) in [4.78, 5) is 11.8. The first kappa shape index (κ1) is 19.1. The highest BCUT2D eigenvalue weighted by Gasteiger charge is 2.24. The van der Waals surface area contributed by atoms with Crippen molar-refractivity contribution < 1.29 is 0 Å². The highest BCUT2D eigenvalue weighted by atomic mass is 15.3. The van der Waals surface area contributed by atoms with Crippen LogP contribution in [0.5, 0.6) is 0 Å². The van der Waals surface area contributed by atoms with Gasteiger partial charge in [0.05, 0.1) is 0 Å². The molecule has 27 heavy (non-hydrogen) atoms. The molecule has 0 aliphatic carbocycles. The van der Waals surface area contributed by atoms with E-state index in [-0.39, 0.29) is 0 Å². The van der Waals surface area contributed by atoms with Crippen molar-refractivity contribution in [2.75, 3.05) is 22.5 Å². The van der Waals surface area contributed by atoms with Crippen molar-refractivity contribution in [1.29, 1.82) is 5.41 Å². The van der Waals surface area contributed by atoms with E-state index in [0.29, 0.717) is 17.3 Å². The highest BCUT2D eigenvalue weighted by Crippen LogP contribution is 2.28. The fraction of sp³-hybridized carbons (Fsp3) is 0.476. The van der Waals surface area contributed by atoms with Gasteiger partial charge in [-0.25, -0.2) is 4.98 Å². The number of aryl methyl sites for hydroxylation is 1. The third-order valence-corrected chi connectivity index (χ3v) is 5.41. The molecule has 4 N–H and O–H groups in total. The van der Waals surface area contributed by atoms with Gasteiger partial charge < -0.3 is 21.4 Å². The summed E-state index contributed by atoms with van der Waals surface area (Å²) in [5.74, 6) is 2.35. The maximum absolute atomic E-state index is 7.47. The van der Waals surface area contributed by atoms with Crippen molar-refractivity contribution in [3.05, 3.63) is 35.5 Å². The smallest absolute Gasteiger partial charge is 0.227 e. The van der Waals surface area contributed by atoms with Crippen LogP contribution in [-0.2, 0) is 0 Å². The lowest BCUT2D eigenvalue weighted by atomic mass is 9.95. The Morgan fingerprint density at radius 1 is 1.33 bits per heavy atom. The first-order valence-corrected chi connectivity index (χ1v) is 9.79. The molecule has 2 unspecified atom stereocenters. The van der Waals surface area contributed by atoms with Crippen molar-refractivity contribution >= 4 is 29.4 Å². The molecular weight excluding hydrogens is 336 g/mol. The van der Waals surface area contributed by atoms with E-state index in [1.165, 1.54) is 31.9 Å². The van der Waals surface area contributed by atoms with Gasteiger partial charge in [0.15, 0.2) is 0 Å². The molecule has 6 heteroatoms. The predicted molar refractivity (Wildman–Crippen MR) is 113 cm³/mol. The van der Waals surface area contributed by atoms with Crippen LogP contribution in [0.4, 0.5) is 23.1 Å². The Morgan fingerprint density at radius 2 is 2.15 bits per heavy atom. The normalized spacial score (nSPS) is 20.2. The summed E-state index contributed by atoms with van der Waals surface area (Å²) >= 11 is 0. The zero-order valence-electron chi connectivity index (χ0n) is 16.5. The van der Waals surface area contributed by atoms with E-state index >= 15 is 0 Å². The number of rotatable bonds is 5. The van der Waals surface area contributed by atoms with E-state index in [1.807, 2.05) is 25.1 Å². The molecule has 0 spiro atoms. The van der Waals surface area contributed by atoms with E-state index in [1.54, 1.807) is 6.07 Å². The van der Waals surface area contributed by atoms with Crippen molar-refractivity contribution in [1.82, 2.24) is 9.97 Å². The Hall–Kier alpha value is -2.63. The standard InChI is InChI=1S/C21H30N6/c1-4-16-6-5-9-27(15(3)11-16)21-24-14(2)10-20(26-21)25-18-7-8-19(23)17(12-18)13-22/h7-8,10,12-13,15-16,22H,4-6,9,11,23H2,1-3H3,(H,24,25,26). The number of nitrogens with zero attached hydrogens (tertiary/aromatic N) is 3. The van der Waals surface area contributed by atoms with E-state index in [9.17, 15) is 0 Å². The van der Waals surface area contributed by atoms with E-state index in [0.717, 1.165) is 35.6 Å². The zero-order chi connectivity index (χ0) is 19.4. The molecule has 1 aromatic heterocycles. The number of nitrogens with one attached hydrogen (secondary N) is 2. The lowest BCUT2D eigenvalue weighted by Crippen LogP contribution is -2.34. The number of aromatic nitrogens is 2. The minimum Gasteiger partial charge on any atom is -0.398 e. The molecule has 0 radical (unpaired) electrons. The Bertz CT molecular complexity index is 803. The van der Waals surface area contributed by atoms with Crippen LogP contribution >= 0.6 is 0 Å². The molecule has 3 rings (SSSR count). The zero-order valence-corrected chi connectivity index (χ0v) is 16.5. The van der Waals surface area contributed by atoms with Crippen LogP contribution in [-0.4, -0.2) is 28.8 Å². The average Bonchev–Trinajstić information content (AvgIpc) is 2.84. The van der Waals surface area contributed by atoms with Gasteiger partial charge in [0.2, 0.25) is 5.95 Å². The SMILES string of the molecule is CCC1CCCN(c2nc(C)cc(Nc3ccc(N)c(C=N)c3)n2)C(C)C1. The fourth-order valence-corrected chi connectivity index (χ4v) is 3.84. The maximum atomic E-state index is 7.47. The van der Waals surface area contributed by atoms with Crippen LogP contribution in [0.25, 0.3) is 0 Å². The van der Waals surface area contributed by atoms with Gasteiger partial charge in [-0.2, -0.15) is 4.98 Å². The lowest BCUT2D eigenvalue weighted by molar-refractivity contribution is 0.427. The van der Waals surface area contributed by atoms with Crippen LogP contribution in [0.2, 0.25) is 0 Å². The third-order valence-electron chi connectivity index (χ3n) is 5.41. The summed E-state index contributed by atoms with van der Waals surface area (Å²) in [5, 5.41) is 10.8. The summed E-state index contributed by atoms with van der Waals surface area (Å²) in [5.41, 5.74) is 8.97. The Balaban J connectivity index is 1.85. The molecule has 1 aliphatic rings. The first-order chi connectivity index (χ1) is 13.0. The largest absolute Gasteiger partial charge is 0.398 e. The second-order valence-corrected chi connectivity index (χ2v) is 7.50. The maximum Gasteiger partial charge on any atom is 0.227 e. The molecule has 1 fully saturated rings. The van der Waals surface area contributed by atoms with Crippen molar-refractivity contribution in [2.24, 2.45) is 5.92 Å². The van der Waals surface area contributed by atoms with Gasteiger partial charge in [-0.1, -0.05) is 13.3 Å². The molecule has 0 bridgehead atoms. The Kier molecular flexibility index (Phi) is 5.94. The first-order valence-electron chi connectivity index (χ1n) is 9.79. The average molecular weight is 367 g/mol. The number of hydrogen-bond donors (Lipinski definition) is 3. The van der Waals surface area contributed by atoms with Crippen LogP contribution in [0.15, 0.2) is 24.3 Å². The van der Waals surface area contributed by atoms with E-state index in [2.05, 4.69) is 24.1 Å². The number of nitrogen functional groups attached to an aromatic ring is 1. The molecule has 1 saturated heterocycles. The Morgan fingerprint density at radius 3 is 2.89 bits per heavy atom. The molecule has 0 saturated carbocycles. The van der Waals surface area contributed by atoms with Gasteiger partial charge in [-0.05, 0) is 57.2 Å². The van der Waals surface area contributed by atoms with Crippen LogP contribution in [0.3, 0.4) is 0 Å². The predicted octanol–water partition coefficient (Wildman–Crippen LogP) is 4.51. The third kappa shape index (κ3) is 4.56. The molecule has 144 valence electrons. The molecular formula is C21H30N6. The molecule has 2 heterocycles. The highest BCUT2D eigenvalue weighted by molar-refractivity contribution is 5.87. The minimum absolute atomic E-state index is 0.438. The molecule has 6 nitrogen and oxygen atoms in total. The van der Waals surface area contributed by atoms with Gasteiger partial charge in [-0.3, -0.25) is 0 Å². The van der Waals surface area contributed by atoms with Gasteiger partial charge >= 0.3 is 0 Å². The molecule has 1 aromatic carbocycles. The van der Waals surface area contributed by atoms with Gasteiger partial charge in [0, 0.05) is 47.5 Å². The second-order valence-electron chi connectivity index (χ2n) is 7.50. The van der Waals surface area contributed by atoms with E-state index in [4.69, 9.17) is 21.1 Å². The van der Waals surface area contributed by atoms with Gasteiger partial charge in [-0.15, -0.1) is 0 Å². The molecule has 0 amide bonds.